The van der Waals surface area contributed by atoms with Crippen LogP contribution < -0.4 is 5.73 Å². The number of pyridine rings is 1. The van der Waals surface area contributed by atoms with Crippen molar-refractivity contribution in [2.75, 3.05) is 39.0 Å². The molecule has 1 aliphatic heterocycles. The SMILES string of the molecule is Cc1cc(C)c2c(N)c(C(=O)N3CCN(C)CC3)sc2n1. The van der Waals surface area contributed by atoms with Gasteiger partial charge in [0.1, 0.15) is 9.71 Å². The molecule has 0 aromatic carbocycles. The minimum Gasteiger partial charge on any atom is -0.397 e. The highest BCUT2D eigenvalue weighted by atomic mass is 32.1. The number of anilines is 1. The summed E-state index contributed by atoms with van der Waals surface area (Å²) in [5.74, 6) is 0.0423. The zero-order chi connectivity index (χ0) is 15.1. The third kappa shape index (κ3) is 2.49. The molecule has 0 unspecified atom stereocenters. The average Bonchev–Trinajstić information content (AvgIpc) is 2.76. The van der Waals surface area contributed by atoms with Gasteiger partial charge in [0, 0.05) is 37.3 Å². The monoisotopic (exact) mass is 304 g/mol. The highest BCUT2D eigenvalue weighted by Crippen LogP contribution is 2.35. The number of aromatic nitrogens is 1. The van der Waals surface area contributed by atoms with Crippen molar-refractivity contribution in [2.45, 2.75) is 13.8 Å². The highest BCUT2D eigenvalue weighted by Gasteiger charge is 2.25. The van der Waals surface area contributed by atoms with E-state index in [1.54, 1.807) is 0 Å². The number of piperazine rings is 1. The van der Waals surface area contributed by atoms with Crippen LogP contribution in [0.2, 0.25) is 0 Å². The van der Waals surface area contributed by atoms with Gasteiger partial charge in [-0.2, -0.15) is 0 Å². The van der Waals surface area contributed by atoms with E-state index in [4.69, 9.17) is 5.73 Å². The molecule has 5 nitrogen and oxygen atoms in total. The molecule has 0 aliphatic carbocycles. The molecule has 3 rings (SSSR count). The lowest BCUT2D eigenvalue weighted by Gasteiger charge is -2.32. The summed E-state index contributed by atoms with van der Waals surface area (Å²) >= 11 is 1.41. The largest absolute Gasteiger partial charge is 0.397 e. The maximum absolute atomic E-state index is 12.7. The fourth-order valence-corrected chi connectivity index (χ4v) is 3.97. The molecule has 1 saturated heterocycles. The van der Waals surface area contributed by atoms with Gasteiger partial charge in [0.2, 0.25) is 0 Å². The van der Waals surface area contributed by atoms with Crippen LogP contribution in [0.25, 0.3) is 10.2 Å². The van der Waals surface area contributed by atoms with E-state index in [-0.39, 0.29) is 5.91 Å². The van der Waals surface area contributed by atoms with Gasteiger partial charge in [0.15, 0.2) is 0 Å². The topological polar surface area (TPSA) is 62.5 Å². The van der Waals surface area contributed by atoms with E-state index in [1.165, 1.54) is 11.3 Å². The molecule has 1 amide bonds. The van der Waals surface area contributed by atoms with Gasteiger partial charge < -0.3 is 15.5 Å². The standard InChI is InChI=1S/C15H20N4OS/c1-9-8-10(2)17-14-11(9)12(16)13(21-14)15(20)19-6-4-18(3)5-7-19/h8H,4-7,16H2,1-3H3. The number of hydrogen-bond acceptors (Lipinski definition) is 5. The Labute approximate surface area is 128 Å². The van der Waals surface area contributed by atoms with E-state index in [0.29, 0.717) is 10.6 Å². The molecule has 0 saturated carbocycles. The number of thiophene rings is 1. The molecule has 1 aliphatic rings. The van der Waals surface area contributed by atoms with Crippen molar-refractivity contribution < 1.29 is 4.79 Å². The predicted octanol–water partition coefficient (Wildman–Crippen LogP) is 1.88. The van der Waals surface area contributed by atoms with E-state index in [0.717, 1.165) is 47.7 Å². The molecular weight excluding hydrogens is 284 g/mol. The Morgan fingerprint density at radius 3 is 2.62 bits per heavy atom. The van der Waals surface area contributed by atoms with Crippen molar-refractivity contribution in [3.63, 3.8) is 0 Å². The van der Waals surface area contributed by atoms with Crippen LogP contribution in [-0.4, -0.2) is 53.9 Å². The number of amides is 1. The predicted molar refractivity (Wildman–Crippen MR) is 86.9 cm³/mol. The van der Waals surface area contributed by atoms with Crippen molar-refractivity contribution >= 4 is 33.1 Å². The molecule has 6 heteroatoms. The van der Waals surface area contributed by atoms with Crippen LogP contribution in [0.4, 0.5) is 5.69 Å². The number of likely N-dealkylation sites (N-methyl/N-ethyl adjacent to an activating group) is 1. The van der Waals surface area contributed by atoms with Gasteiger partial charge in [-0.15, -0.1) is 11.3 Å². The van der Waals surface area contributed by atoms with Crippen molar-refractivity contribution in [1.82, 2.24) is 14.8 Å². The number of nitrogens with two attached hydrogens (primary N) is 1. The molecule has 2 aromatic rings. The number of nitrogens with zero attached hydrogens (tertiary/aromatic N) is 3. The molecule has 0 radical (unpaired) electrons. The molecule has 21 heavy (non-hydrogen) atoms. The van der Waals surface area contributed by atoms with E-state index < -0.39 is 0 Å². The van der Waals surface area contributed by atoms with Crippen LogP contribution in [0.15, 0.2) is 6.07 Å². The number of rotatable bonds is 1. The van der Waals surface area contributed by atoms with Gasteiger partial charge in [-0.25, -0.2) is 4.98 Å². The van der Waals surface area contributed by atoms with Gasteiger partial charge in [-0.1, -0.05) is 0 Å². The third-order valence-corrected chi connectivity index (χ3v) is 5.10. The molecular formula is C15H20N4OS. The lowest BCUT2D eigenvalue weighted by Crippen LogP contribution is -2.47. The van der Waals surface area contributed by atoms with Crippen LogP contribution in [0.5, 0.6) is 0 Å². The van der Waals surface area contributed by atoms with Crippen LogP contribution in [-0.2, 0) is 0 Å². The summed E-state index contributed by atoms with van der Waals surface area (Å²) in [6, 6.07) is 2.01. The Bertz CT molecular complexity index is 701. The Morgan fingerprint density at radius 1 is 1.29 bits per heavy atom. The first kappa shape index (κ1) is 14.3. The summed E-state index contributed by atoms with van der Waals surface area (Å²) in [7, 11) is 2.08. The number of aryl methyl sites for hydroxylation is 2. The molecule has 3 heterocycles. The quantitative estimate of drug-likeness (QED) is 0.874. The summed E-state index contributed by atoms with van der Waals surface area (Å²) in [5.41, 5.74) is 8.87. The molecule has 2 N–H and O–H groups in total. The first-order chi connectivity index (χ1) is 9.97. The fourth-order valence-electron chi connectivity index (χ4n) is 2.78. The second-order valence-corrected chi connectivity index (χ2v) is 6.70. The Kier molecular flexibility index (Phi) is 3.59. The first-order valence-electron chi connectivity index (χ1n) is 7.11. The van der Waals surface area contributed by atoms with Crippen LogP contribution in [0, 0.1) is 13.8 Å². The second-order valence-electron chi connectivity index (χ2n) is 5.70. The van der Waals surface area contributed by atoms with E-state index >= 15 is 0 Å². The Hall–Kier alpha value is -1.66. The molecule has 2 aromatic heterocycles. The summed E-state index contributed by atoms with van der Waals surface area (Å²) in [5, 5.41) is 0.933. The van der Waals surface area contributed by atoms with Crippen molar-refractivity contribution in [3.05, 3.63) is 22.2 Å². The Balaban J connectivity index is 1.99. The number of hydrogen-bond donors (Lipinski definition) is 1. The summed E-state index contributed by atoms with van der Waals surface area (Å²) < 4.78 is 0. The molecule has 112 valence electrons. The van der Waals surface area contributed by atoms with E-state index in [9.17, 15) is 4.79 Å². The number of carbonyl (C=O) groups is 1. The van der Waals surface area contributed by atoms with Gasteiger partial charge in [0.25, 0.3) is 5.91 Å². The third-order valence-electron chi connectivity index (χ3n) is 4.01. The zero-order valence-electron chi connectivity index (χ0n) is 12.6. The maximum atomic E-state index is 12.7. The first-order valence-corrected chi connectivity index (χ1v) is 7.93. The van der Waals surface area contributed by atoms with Gasteiger partial charge >= 0.3 is 0 Å². The van der Waals surface area contributed by atoms with Crippen molar-refractivity contribution in [3.8, 4) is 0 Å². The Morgan fingerprint density at radius 2 is 1.95 bits per heavy atom. The number of fused-ring (bicyclic) bond motifs is 1. The smallest absolute Gasteiger partial charge is 0.266 e. The minimum atomic E-state index is 0.0423. The number of carbonyl (C=O) groups excluding carboxylic acids is 1. The van der Waals surface area contributed by atoms with Gasteiger partial charge in [-0.3, -0.25) is 4.79 Å². The summed E-state index contributed by atoms with van der Waals surface area (Å²) in [6.45, 7) is 7.32. The van der Waals surface area contributed by atoms with Gasteiger partial charge in [0.05, 0.1) is 5.69 Å². The van der Waals surface area contributed by atoms with Crippen LogP contribution in [0.3, 0.4) is 0 Å². The molecule has 1 fully saturated rings. The summed E-state index contributed by atoms with van der Waals surface area (Å²) in [4.78, 5) is 22.8. The van der Waals surface area contributed by atoms with Gasteiger partial charge in [-0.05, 0) is 32.5 Å². The van der Waals surface area contributed by atoms with Crippen molar-refractivity contribution in [1.29, 1.82) is 0 Å². The lowest BCUT2D eigenvalue weighted by atomic mass is 10.1. The van der Waals surface area contributed by atoms with Crippen molar-refractivity contribution in [2.24, 2.45) is 0 Å². The lowest BCUT2D eigenvalue weighted by molar-refractivity contribution is 0.0670. The molecule has 0 bridgehead atoms. The zero-order valence-corrected chi connectivity index (χ0v) is 13.5. The fraction of sp³-hybridized carbons (Fsp3) is 0.467. The van der Waals surface area contributed by atoms with E-state index in [2.05, 4.69) is 16.9 Å². The molecule has 0 spiro atoms. The summed E-state index contributed by atoms with van der Waals surface area (Å²) in [6.07, 6.45) is 0. The van der Waals surface area contributed by atoms with Crippen LogP contribution >= 0.6 is 11.3 Å². The minimum absolute atomic E-state index is 0.0423. The molecule has 0 atom stereocenters. The average molecular weight is 304 g/mol. The number of nitrogen functional groups attached to an aromatic ring is 1. The maximum Gasteiger partial charge on any atom is 0.266 e. The highest BCUT2D eigenvalue weighted by molar-refractivity contribution is 7.21. The van der Waals surface area contributed by atoms with E-state index in [1.807, 2.05) is 24.8 Å². The normalized spacial score (nSPS) is 16.6. The second kappa shape index (κ2) is 5.27. The van der Waals surface area contributed by atoms with Crippen LogP contribution in [0.1, 0.15) is 20.9 Å².